The molecular weight excluding hydrogens is 270 g/mol. The number of rotatable bonds is 2. The summed E-state index contributed by atoms with van der Waals surface area (Å²) in [5.74, 6) is 2.47. The zero-order valence-electron chi connectivity index (χ0n) is 8.96. The van der Waals surface area contributed by atoms with E-state index in [1.165, 1.54) is 12.0 Å². The molecule has 0 aliphatic carbocycles. The van der Waals surface area contributed by atoms with Gasteiger partial charge in [-0.3, -0.25) is 0 Å². The molecule has 1 unspecified atom stereocenters. The molecule has 1 atom stereocenters. The molecule has 0 bridgehead atoms. The lowest BCUT2D eigenvalue weighted by atomic mass is 9.98. The van der Waals surface area contributed by atoms with Crippen LogP contribution in [-0.2, 0) is 6.42 Å². The summed E-state index contributed by atoms with van der Waals surface area (Å²) < 4.78 is 11.8. The third kappa shape index (κ3) is 1.92. The smallest absolute Gasteiger partial charge is 0.231 e. The number of nitrogens with one attached hydrogen (secondary N) is 1. The molecule has 1 aromatic carbocycles. The largest absolute Gasteiger partial charge is 0.454 e. The van der Waals surface area contributed by atoms with Gasteiger partial charge >= 0.3 is 0 Å². The van der Waals surface area contributed by atoms with E-state index in [2.05, 4.69) is 33.4 Å². The summed E-state index contributed by atoms with van der Waals surface area (Å²) >= 11 is 3.53. The molecule has 3 rings (SSSR count). The van der Waals surface area contributed by atoms with Crippen LogP contribution in [0.25, 0.3) is 0 Å². The van der Waals surface area contributed by atoms with Gasteiger partial charge in [0.15, 0.2) is 11.5 Å². The third-order valence-corrected chi connectivity index (χ3v) is 3.76. The number of hydrogen-bond donors (Lipinski definition) is 1. The van der Waals surface area contributed by atoms with Crippen molar-refractivity contribution >= 4 is 15.9 Å². The van der Waals surface area contributed by atoms with Crippen molar-refractivity contribution in [1.29, 1.82) is 0 Å². The first-order chi connectivity index (χ1) is 7.83. The third-order valence-electron chi connectivity index (χ3n) is 3.17. The summed E-state index contributed by atoms with van der Waals surface area (Å²) in [6, 6.07) is 4.25. The molecule has 3 nitrogen and oxygen atoms in total. The summed E-state index contributed by atoms with van der Waals surface area (Å²) in [7, 11) is 0. The second-order valence-corrected chi connectivity index (χ2v) is 5.23. The van der Waals surface area contributed by atoms with Crippen LogP contribution in [0.4, 0.5) is 0 Å². The van der Waals surface area contributed by atoms with Gasteiger partial charge in [-0.15, -0.1) is 0 Å². The van der Waals surface area contributed by atoms with Gasteiger partial charge in [0.05, 0.1) is 4.47 Å². The van der Waals surface area contributed by atoms with Gasteiger partial charge in [-0.05, 0) is 65.5 Å². The molecule has 0 radical (unpaired) electrons. The predicted molar refractivity (Wildman–Crippen MR) is 64.9 cm³/mol. The Hall–Kier alpha value is -0.740. The standard InChI is InChI=1S/C12H14BrNO2/c13-10-4-9(3-8-1-2-14-6-8)5-11-12(10)16-7-15-11/h4-5,8,14H,1-3,6-7H2. The van der Waals surface area contributed by atoms with E-state index in [4.69, 9.17) is 9.47 Å². The first-order valence-electron chi connectivity index (χ1n) is 5.61. The summed E-state index contributed by atoms with van der Waals surface area (Å²) in [4.78, 5) is 0. The Morgan fingerprint density at radius 2 is 2.31 bits per heavy atom. The van der Waals surface area contributed by atoms with E-state index in [9.17, 15) is 0 Å². The maximum absolute atomic E-state index is 5.42. The van der Waals surface area contributed by atoms with E-state index < -0.39 is 0 Å². The quantitative estimate of drug-likeness (QED) is 0.904. The van der Waals surface area contributed by atoms with Crippen LogP contribution in [-0.4, -0.2) is 19.9 Å². The second-order valence-electron chi connectivity index (χ2n) is 4.37. The van der Waals surface area contributed by atoms with E-state index in [0.29, 0.717) is 6.79 Å². The van der Waals surface area contributed by atoms with Gasteiger partial charge in [-0.2, -0.15) is 0 Å². The molecule has 1 fully saturated rings. The lowest BCUT2D eigenvalue weighted by Gasteiger charge is -2.09. The molecule has 2 heterocycles. The molecule has 4 heteroatoms. The predicted octanol–water partition coefficient (Wildman–Crippen LogP) is 2.33. The van der Waals surface area contributed by atoms with Crippen LogP contribution in [0, 0.1) is 5.92 Å². The Balaban J connectivity index is 1.82. The molecule has 0 amide bonds. The zero-order valence-corrected chi connectivity index (χ0v) is 10.5. The Labute approximate surface area is 103 Å². The summed E-state index contributed by atoms with van der Waals surface area (Å²) in [5, 5.41) is 3.39. The van der Waals surface area contributed by atoms with Crippen molar-refractivity contribution in [1.82, 2.24) is 5.32 Å². The first kappa shape index (κ1) is 10.4. The van der Waals surface area contributed by atoms with Gasteiger partial charge in [0.1, 0.15) is 0 Å². The van der Waals surface area contributed by atoms with Gasteiger partial charge in [0.2, 0.25) is 6.79 Å². The van der Waals surface area contributed by atoms with Crippen LogP contribution in [0.2, 0.25) is 0 Å². The van der Waals surface area contributed by atoms with Gasteiger partial charge in [0.25, 0.3) is 0 Å². The molecule has 0 aromatic heterocycles. The fourth-order valence-electron chi connectivity index (χ4n) is 2.36. The summed E-state index contributed by atoms with van der Waals surface area (Å²) in [5.41, 5.74) is 1.32. The van der Waals surface area contributed by atoms with Crippen molar-refractivity contribution in [3.05, 3.63) is 22.2 Å². The maximum Gasteiger partial charge on any atom is 0.231 e. The van der Waals surface area contributed by atoms with Gasteiger partial charge in [0, 0.05) is 0 Å². The fourth-order valence-corrected chi connectivity index (χ4v) is 2.96. The lowest BCUT2D eigenvalue weighted by molar-refractivity contribution is 0.173. The van der Waals surface area contributed by atoms with E-state index in [1.807, 2.05) is 0 Å². The highest BCUT2D eigenvalue weighted by Crippen LogP contribution is 2.40. The molecule has 86 valence electrons. The maximum atomic E-state index is 5.42. The number of ether oxygens (including phenoxy) is 2. The monoisotopic (exact) mass is 283 g/mol. The van der Waals surface area contributed by atoms with E-state index in [1.54, 1.807) is 0 Å². The summed E-state index contributed by atoms with van der Waals surface area (Å²) in [6.07, 6.45) is 2.38. The van der Waals surface area contributed by atoms with Crippen LogP contribution >= 0.6 is 15.9 Å². The van der Waals surface area contributed by atoms with E-state index >= 15 is 0 Å². The van der Waals surface area contributed by atoms with Crippen molar-refractivity contribution in [3.63, 3.8) is 0 Å². The van der Waals surface area contributed by atoms with Crippen molar-refractivity contribution in [2.24, 2.45) is 5.92 Å². The van der Waals surface area contributed by atoms with E-state index in [-0.39, 0.29) is 0 Å². The SMILES string of the molecule is Brc1cc(CC2CCNC2)cc2c1OCO2. The van der Waals surface area contributed by atoms with Crippen molar-refractivity contribution in [2.75, 3.05) is 19.9 Å². The van der Waals surface area contributed by atoms with E-state index in [0.717, 1.165) is 41.4 Å². The Morgan fingerprint density at radius 3 is 3.12 bits per heavy atom. The molecule has 2 aliphatic heterocycles. The minimum atomic E-state index is 0.336. The molecule has 1 N–H and O–H groups in total. The van der Waals surface area contributed by atoms with Gasteiger partial charge in [-0.1, -0.05) is 0 Å². The molecule has 1 aromatic rings. The normalized spacial score (nSPS) is 22.7. The highest BCUT2D eigenvalue weighted by Gasteiger charge is 2.20. The topological polar surface area (TPSA) is 30.5 Å². The van der Waals surface area contributed by atoms with Crippen molar-refractivity contribution in [3.8, 4) is 11.5 Å². The van der Waals surface area contributed by atoms with Crippen molar-refractivity contribution < 1.29 is 9.47 Å². The Bertz CT molecular complexity index is 402. The number of hydrogen-bond acceptors (Lipinski definition) is 3. The highest BCUT2D eigenvalue weighted by atomic mass is 79.9. The van der Waals surface area contributed by atoms with Crippen LogP contribution in [0.15, 0.2) is 16.6 Å². The van der Waals surface area contributed by atoms with Crippen LogP contribution in [0.1, 0.15) is 12.0 Å². The summed E-state index contributed by atoms with van der Waals surface area (Å²) in [6.45, 7) is 2.62. The van der Waals surface area contributed by atoms with Crippen LogP contribution in [0.3, 0.4) is 0 Å². The van der Waals surface area contributed by atoms with Crippen LogP contribution < -0.4 is 14.8 Å². The number of halogens is 1. The van der Waals surface area contributed by atoms with Crippen LogP contribution in [0.5, 0.6) is 11.5 Å². The zero-order chi connectivity index (χ0) is 11.0. The highest BCUT2D eigenvalue weighted by molar-refractivity contribution is 9.10. The first-order valence-corrected chi connectivity index (χ1v) is 6.41. The fraction of sp³-hybridized carbons (Fsp3) is 0.500. The lowest BCUT2D eigenvalue weighted by Crippen LogP contribution is -2.10. The average molecular weight is 284 g/mol. The second kappa shape index (κ2) is 4.26. The minimum Gasteiger partial charge on any atom is -0.454 e. The Morgan fingerprint density at radius 1 is 1.38 bits per heavy atom. The molecule has 1 saturated heterocycles. The average Bonchev–Trinajstić information content (AvgIpc) is 2.87. The number of benzene rings is 1. The van der Waals surface area contributed by atoms with Gasteiger partial charge < -0.3 is 14.8 Å². The molecule has 0 spiro atoms. The van der Waals surface area contributed by atoms with Gasteiger partial charge in [-0.25, -0.2) is 0 Å². The number of fused-ring (bicyclic) bond motifs is 1. The minimum absolute atomic E-state index is 0.336. The molecule has 0 saturated carbocycles. The molecule has 2 aliphatic rings. The van der Waals surface area contributed by atoms with Crippen molar-refractivity contribution in [2.45, 2.75) is 12.8 Å². The Kier molecular flexibility index (Phi) is 2.77. The molecular formula is C12H14BrNO2. The molecule has 16 heavy (non-hydrogen) atoms.